The van der Waals surface area contributed by atoms with Crippen molar-refractivity contribution in [2.24, 2.45) is 0 Å². The van der Waals surface area contributed by atoms with E-state index in [1.54, 1.807) is 26.8 Å². The van der Waals surface area contributed by atoms with Crippen molar-refractivity contribution in [3.05, 3.63) is 65.7 Å². The van der Waals surface area contributed by atoms with E-state index in [1.165, 1.54) is 4.90 Å². The molecule has 0 fully saturated rings. The van der Waals surface area contributed by atoms with Crippen LogP contribution in [-0.2, 0) is 15.1 Å². The molecule has 0 saturated carbocycles. The first-order chi connectivity index (χ1) is 13.3. The van der Waals surface area contributed by atoms with E-state index in [1.807, 2.05) is 48.5 Å². The number of para-hydroxylation sites is 1. The number of carbonyl (C=O) groups excluding carboxylic acids is 2. The maximum Gasteiger partial charge on any atom is 0.421 e. The van der Waals surface area contributed by atoms with Crippen LogP contribution in [0.4, 0.5) is 10.5 Å². The quantitative estimate of drug-likeness (QED) is 0.770. The summed E-state index contributed by atoms with van der Waals surface area (Å²) in [6, 6.07) is 17.0. The Hall–Kier alpha value is -2.66. The zero-order valence-corrected chi connectivity index (χ0v) is 17.0. The lowest BCUT2D eigenvalue weighted by Crippen LogP contribution is -2.53. The van der Waals surface area contributed by atoms with Gasteiger partial charge in [-0.05, 0) is 45.4 Å². The molecule has 148 valence electrons. The first kappa shape index (κ1) is 20.1. The molecule has 1 atom stereocenters. The van der Waals surface area contributed by atoms with Gasteiger partial charge in [0.1, 0.15) is 5.60 Å². The Morgan fingerprint density at radius 3 is 2.36 bits per heavy atom. The second-order valence-electron chi connectivity index (χ2n) is 8.03. The molecule has 3 rings (SSSR count). The number of nitrogens with zero attached hydrogens (tertiary/aromatic N) is 1. The van der Waals surface area contributed by atoms with Crippen molar-refractivity contribution in [3.8, 4) is 0 Å². The number of carbonyl (C=O) groups is 2. The number of benzene rings is 2. The number of hydrogen-bond acceptors (Lipinski definition) is 4. The van der Waals surface area contributed by atoms with Gasteiger partial charge in [-0.25, -0.2) is 9.69 Å². The van der Waals surface area contributed by atoms with Crippen molar-refractivity contribution in [1.82, 2.24) is 5.32 Å². The molecular formula is C23H28N2O3. The van der Waals surface area contributed by atoms with Gasteiger partial charge in [-0.2, -0.15) is 0 Å². The van der Waals surface area contributed by atoms with Gasteiger partial charge < -0.3 is 4.74 Å². The van der Waals surface area contributed by atoms with Crippen LogP contribution in [0.15, 0.2) is 54.6 Å². The molecule has 1 aliphatic heterocycles. The van der Waals surface area contributed by atoms with E-state index in [-0.39, 0.29) is 5.91 Å². The van der Waals surface area contributed by atoms with Crippen LogP contribution in [0.1, 0.15) is 51.7 Å². The third-order valence-electron chi connectivity index (χ3n) is 4.78. The number of unbranched alkanes of at least 4 members (excludes halogenated alkanes) is 1. The fourth-order valence-electron chi connectivity index (χ4n) is 3.56. The van der Waals surface area contributed by atoms with Gasteiger partial charge in [0.2, 0.25) is 0 Å². The molecule has 0 unspecified atom stereocenters. The minimum atomic E-state index is -1.11. The normalized spacial score (nSPS) is 18.9. The molecule has 0 aromatic heterocycles. The first-order valence-electron chi connectivity index (χ1n) is 9.79. The van der Waals surface area contributed by atoms with E-state index in [2.05, 4.69) is 12.2 Å². The number of amides is 2. The summed E-state index contributed by atoms with van der Waals surface area (Å²) >= 11 is 0. The molecule has 1 N–H and O–H groups in total. The molecule has 0 saturated heterocycles. The fraction of sp³-hybridized carbons (Fsp3) is 0.391. The summed E-state index contributed by atoms with van der Waals surface area (Å²) in [5.74, 6) is -0.328. The molecule has 0 radical (unpaired) electrons. The maximum atomic E-state index is 13.8. The van der Waals surface area contributed by atoms with Crippen molar-refractivity contribution in [2.75, 3.05) is 11.4 Å². The molecule has 1 aliphatic rings. The van der Waals surface area contributed by atoms with Crippen molar-refractivity contribution >= 4 is 17.7 Å². The molecule has 28 heavy (non-hydrogen) atoms. The number of nitrogens with one attached hydrogen (secondary N) is 1. The highest BCUT2D eigenvalue weighted by Gasteiger charge is 2.54. The molecule has 1 heterocycles. The van der Waals surface area contributed by atoms with Crippen molar-refractivity contribution in [3.63, 3.8) is 0 Å². The molecule has 5 nitrogen and oxygen atoms in total. The standard InChI is InChI=1S/C23H28N2O3/c1-5-6-16-24-23(17-12-8-7-9-13-17)18-14-10-11-15-19(18)25(20(23)26)21(27)28-22(2,3)4/h7-15,24H,5-6,16H2,1-4H3/t23-/m1/s1. The monoisotopic (exact) mass is 380 g/mol. The van der Waals surface area contributed by atoms with E-state index >= 15 is 0 Å². The van der Waals surface area contributed by atoms with Crippen molar-refractivity contribution in [2.45, 2.75) is 51.7 Å². The highest BCUT2D eigenvalue weighted by atomic mass is 16.6. The van der Waals surface area contributed by atoms with Crippen LogP contribution in [0.5, 0.6) is 0 Å². The number of anilines is 1. The van der Waals surface area contributed by atoms with Gasteiger partial charge in [0.15, 0.2) is 5.54 Å². The van der Waals surface area contributed by atoms with E-state index in [0.29, 0.717) is 12.2 Å². The molecular weight excluding hydrogens is 352 g/mol. The zero-order chi connectivity index (χ0) is 20.4. The third kappa shape index (κ3) is 3.54. The summed E-state index contributed by atoms with van der Waals surface area (Å²) in [5.41, 5.74) is 0.349. The average Bonchev–Trinajstić information content (AvgIpc) is 2.90. The van der Waals surface area contributed by atoms with Crippen molar-refractivity contribution < 1.29 is 14.3 Å². The van der Waals surface area contributed by atoms with Crippen LogP contribution < -0.4 is 10.2 Å². The van der Waals surface area contributed by atoms with E-state index in [4.69, 9.17) is 4.74 Å². The highest BCUT2D eigenvalue weighted by molar-refractivity contribution is 6.22. The summed E-state index contributed by atoms with van der Waals surface area (Å²) in [6.45, 7) is 8.14. The summed E-state index contributed by atoms with van der Waals surface area (Å²) in [4.78, 5) is 27.9. The Bertz CT molecular complexity index is 858. The Morgan fingerprint density at radius 2 is 1.71 bits per heavy atom. The zero-order valence-electron chi connectivity index (χ0n) is 17.0. The van der Waals surface area contributed by atoms with Crippen LogP contribution in [0, 0.1) is 0 Å². The van der Waals surface area contributed by atoms with Gasteiger partial charge in [0, 0.05) is 5.56 Å². The lowest BCUT2D eigenvalue weighted by Gasteiger charge is -2.31. The summed E-state index contributed by atoms with van der Waals surface area (Å²) in [7, 11) is 0. The summed E-state index contributed by atoms with van der Waals surface area (Å²) in [6.07, 6.45) is 1.28. The topological polar surface area (TPSA) is 58.6 Å². The average molecular weight is 380 g/mol. The lowest BCUT2D eigenvalue weighted by molar-refractivity contribution is -0.122. The Balaban J connectivity index is 2.14. The second kappa shape index (κ2) is 7.76. The number of fused-ring (bicyclic) bond motifs is 1. The largest absolute Gasteiger partial charge is 0.443 e. The van der Waals surface area contributed by atoms with Crippen molar-refractivity contribution in [1.29, 1.82) is 0 Å². The molecule has 2 aromatic rings. The number of rotatable bonds is 5. The van der Waals surface area contributed by atoms with E-state index < -0.39 is 17.2 Å². The molecule has 5 heteroatoms. The smallest absolute Gasteiger partial charge is 0.421 e. The SMILES string of the molecule is CCCCN[C@@]1(c2ccccc2)C(=O)N(C(=O)OC(C)(C)C)c2ccccc21. The van der Waals surface area contributed by atoms with E-state index in [9.17, 15) is 9.59 Å². The van der Waals surface area contributed by atoms with Crippen LogP contribution in [-0.4, -0.2) is 24.1 Å². The summed E-state index contributed by atoms with van der Waals surface area (Å²) < 4.78 is 5.54. The van der Waals surface area contributed by atoms with Gasteiger partial charge >= 0.3 is 6.09 Å². The number of hydrogen-bond donors (Lipinski definition) is 1. The van der Waals surface area contributed by atoms with Gasteiger partial charge in [0.25, 0.3) is 5.91 Å². The minimum Gasteiger partial charge on any atom is -0.443 e. The summed E-state index contributed by atoms with van der Waals surface area (Å²) in [5, 5.41) is 3.47. The fourth-order valence-corrected chi connectivity index (χ4v) is 3.56. The highest BCUT2D eigenvalue weighted by Crippen LogP contribution is 2.45. The van der Waals surface area contributed by atoms with Crippen LogP contribution in [0.3, 0.4) is 0 Å². The Morgan fingerprint density at radius 1 is 1.07 bits per heavy atom. The second-order valence-corrected chi connectivity index (χ2v) is 8.03. The van der Waals surface area contributed by atoms with Gasteiger partial charge in [-0.3, -0.25) is 10.1 Å². The van der Waals surface area contributed by atoms with Crippen LogP contribution in [0.2, 0.25) is 0 Å². The molecule has 0 bridgehead atoms. The van der Waals surface area contributed by atoms with Gasteiger partial charge in [0.05, 0.1) is 5.69 Å². The molecule has 0 spiro atoms. The van der Waals surface area contributed by atoms with Crippen LogP contribution >= 0.6 is 0 Å². The Labute approximate surface area is 166 Å². The predicted octanol–water partition coefficient (Wildman–Crippen LogP) is 4.60. The lowest BCUT2D eigenvalue weighted by atomic mass is 9.83. The minimum absolute atomic E-state index is 0.328. The van der Waals surface area contributed by atoms with E-state index in [0.717, 1.165) is 24.0 Å². The molecule has 2 amide bonds. The third-order valence-corrected chi connectivity index (χ3v) is 4.78. The molecule has 2 aromatic carbocycles. The number of imide groups is 1. The first-order valence-corrected chi connectivity index (χ1v) is 9.79. The number of ether oxygens (including phenoxy) is 1. The maximum absolute atomic E-state index is 13.8. The van der Waals surface area contributed by atoms with Crippen LogP contribution in [0.25, 0.3) is 0 Å². The molecule has 0 aliphatic carbocycles. The van der Waals surface area contributed by atoms with Gasteiger partial charge in [-0.1, -0.05) is 61.9 Å². The predicted molar refractivity (Wildman–Crippen MR) is 110 cm³/mol. The Kier molecular flexibility index (Phi) is 5.57. The van der Waals surface area contributed by atoms with Gasteiger partial charge in [-0.15, -0.1) is 0 Å².